The number of hydrogen-bond acceptors (Lipinski definition) is 4. The number of nitrogens with zero attached hydrogens (tertiary/aromatic N) is 4. The fourth-order valence-corrected chi connectivity index (χ4v) is 11.1. The van der Waals surface area contributed by atoms with Crippen LogP contribution in [0.2, 0.25) is 0 Å². The van der Waals surface area contributed by atoms with Crippen molar-refractivity contribution >= 4 is 21.5 Å². The number of aromatic nitrogens is 3. The number of rotatable bonds is 7. The molecule has 14 rings (SSSR count). The monoisotopic (exact) mass is 886 g/mol. The maximum Gasteiger partial charge on any atom is 0.164 e. The van der Waals surface area contributed by atoms with E-state index in [1.165, 1.54) is 77.2 Å². The molecule has 2 aliphatic carbocycles. The van der Waals surface area contributed by atoms with E-state index < -0.39 is 0 Å². The van der Waals surface area contributed by atoms with Crippen LogP contribution in [0.5, 0.6) is 0 Å². The van der Waals surface area contributed by atoms with Crippen LogP contribution < -0.4 is 0 Å². The maximum atomic E-state index is 10.7. The van der Waals surface area contributed by atoms with Gasteiger partial charge < -0.3 is 0 Å². The second kappa shape index (κ2) is 15.8. The van der Waals surface area contributed by atoms with Gasteiger partial charge in [0.05, 0.1) is 11.6 Å². The van der Waals surface area contributed by atoms with Crippen LogP contribution in [0.15, 0.2) is 231 Å². The molecule has 70 heavy (non-hydrogen) atoms. The minimum atomic E-state index is 0.561. The zero-order valence-corrected chi connectivity index (χ0v) is 37.7. The van der Waals surface area contributed by atoms with Gasteiger partial charge in [-0.2, -0.15) is 5.26 Å². The van der Waals surface area contributed by atoms with Gasteiger partial charge in [-0.25, -0.2) is 15.0 Å². The first kappa shape index (κ1) is 39.6. The predicted molar refractivity (Wildman–Crippen MR) is 286 cm³/mol. The summed E-state index contributed by atoms with van der Waals surface area (Å²) in [4.78, 5) is 15.5. The summed E-state index contributed by atoms with van der Waals surface area (Å²) in [5.41, 5.74) is 21.7. The molecular formula is C66H38N4. The summed E-state index contributed by atoms with van der Waals surface area (Å²) in [5, 5.41) is 15.8. The van der Waals surface area contributed by atoms with Gasteiger partial charge in [0.1, 0.15) is 0 Å². The van der Waals surface area contributed by atoms with Crippen molar-refractivity contribution in [2.24, 2.45) is 0 Å². The average molecular weight is 887 g/mol. The molecule has 0 aliphatic heterocycles. The molecule has 0 amide bonds. The summed E-state index contributed by atoms with van der Waals surface area (Å²) in [6.07, 6.45) is 0. The number of hydrogen-bond donors (Lipinski definition) is 0. The van der Waals surface area contributed by atoms with Crippen molar-refractivity contribution in [2.75, 3.05) is 0 Å². The quantitative estimate of drug-likeness (QED) is 0.160. The summed E-state index contributed by atoms with van der Waals surface area (Å²) >= 11 is 0. The second-order valence-corrected chi connectivity index (χ2v) is 18.1. The Kier molecular flexibility index (Phi) is 8.92. The minimum absolute atomic E-state index is 0.561. The van der Waals surface area contributed by atoms with Crippen LogP contribution >= 0.6 is 0 Å². The van der Waals surface area contributed by atoms with Crippen molar-refractivity contribution in [3.63, 3.8) is 0 Å². The smallest absolute Gasteiger partial charge is 0.164 e. The van der Waals surface area contributed by atoms with E-state index >= 15 is 0 Å². The average Bonchev–Trinajstić information content (AvgIpc) is 3.94. The van der Waals surface area contributed by atoms with Gasteiger partial charge in [-0.3, -0.25) is 0 Å². The zero-order valence-electron chi connectivity index (χ0n) is 37.7. The fraction of sp³-hybridized carbons (Fsp3) is 0. The van der Waals surface area contributed by atoms with Crippen molar-refractivity contribution in [1.82, 2.24) is 15.0 Å². The summed E-state index contributed by atoms with van der Waals surface area (Å²) in [6.45, 7) is 0. The number of benzene rings is 11. The van der Waals surface area contributed by atoms with Crippen LogP contribution in [-0.2, 0) is 0 Å². The van der Waals surface area contributed by atoms with E-state index in [9.17, 15) is 5.26 Å². The largest absolute Gasteiger partial charge is 0.208 e. The third kappa shape index (κ3) is 6.19. The number of fused-ring (bicyclic) bond motifs is 6. The van der Waals surface area contributed by atoms with E-state index in [4.69, 9.17) is 15.0 Å². The van der Waals surface area contributed by atoms with Crippen molar-refractivity contribution in [3.8, 4) is 129 Å². The van der Waals surface area contributed by atoms with E-state index in [0.717, 1.165) is 50.1 Å². The van der Waals surface area contributed by atoms with Gasteiger partial charge >= 0.3 is 0 Å². The molecule has 4 heteroatoms. The topological polar surface area (TPSA) is 62.5 Å². The van der Waals surface area contributed by atoms with Gasteiger partial charge in [-0.05, 0) is 123 Å². The molecule has 0 saturated carbocycles. The van der Waals surface area contributed by atoms with Crippen molar-refractivity contribution in [1.29, 1.82) is 5.26 Å². The Bertz CT molecular complexity index is 4150. The van der Waals surface area contributed by atoms with Crippen molar-refractivity contribution < 1.29 is 0 Å². The van der Waals surface area contributed by atoms with Crippen LogP contribution in [0.3, 0.4) is 0 Å². The molecule has 0 saturated heterocycles. The Morgan fingerprint density at radius 2 is 0.700 bits per heavy atom. The van der Waals surface area contributed by atoms with Gasteiger partial charge in [-0.1, -0.05) is 218 Å². The normalized spacial score (nSPS) is 11.7. The Morgan fingerprint density at radius 3 is 1.40 bits per heavy atom. The third-order valence-electron chi connectivity index (χ3n) is 14.3. The van der Waals surface area contributed by atoms with E-state index in [2.05, 4.69) is 188 Å². The predicted octanol–water partition coefficient (Wildman–Crippen LogP) is 17.0. The second-order valence-electron chi connectivity index (χ2n) is 18.1. The van der Waals surface area contributed by atoms with Gasteiger partial charge in [0.25, 0.3) is 0 Å². The molecular weight excluding hydrogens is 849 g/mol. The standard InChI is InChI=1S/C66H38N4/c67-39-46-37-44(31-33-47(46)40-27-29-41(30-28-40)48-17-4-6-19-50(48)53-35-36-59-52-21-8-7-20-51(52)56-25-12-26-57(53)63(56)59)49-18-5-9-22-60(49)66-69-64(43-13-2-1-3-14-43)68-65(70-66)45-32-34-54-55-23-10-15-42-16-11-24-58(62(42)55)61(54)38-45/h1-38H. The lowest BCUT2D eigenvalue weighted by Gasteiger charge is -2.15. The van der Waals surface area contributed by atoms with E-state index in [1.807, 2.05) is 48.5 Å². The van der Waals surface area contributed by atoms with Crippen molar-refractivity contribution in [2.45, 2.75) is 0 Å². The molecule has 0 bridgehead atoms. The summed E-state index contributed by atoms with van der Waals surface area (Å²) in [5.74, 6) is 1.75. The maximum absolute atomic E-state index is 10.7. The van der Waals surface area contributed by atoms with Gasteiger partial charge in [0, 0.05) is 16.7 Å². The number of nitriles is 1. The Morgan fingerprint density at radius 1 is 0.257 bits per heavy atom. The van der Waals surface area contributed by atoms with E-state index in [1.54, 1.807) is 0 Å². The Balaban J connectivity index is 0.819. The van der Waals surface area contributed by atoms with Gasteiger partial charge in [-0.15, -0.1) is 0 Å². The van der Waals surface area contributed by atoms with E-state index in [-0.39, 0.29) is 0 Å². The lowest BCUT2D eigenvalue weighted by atomic mass is 9.89. The first-order chi connectivity index (χ1) is 34.7. The molecule has 11 aromatic carbocycles. The van der Waals surface area contributed by atoms with Crippen LogP contribution in [0, 0.1) is 11.3 Å². The van der Waals surface area contributed by atoms with Crippen molar-refractivity contribution in [3.05, 3.63) is 236 Å². The lowest BCUT2D eigenvalue weighted by molar-refractivity contribution is 1.07. The molecule has 0 radical (unpaired) electrons. The molecule has 12 aromatic rings. The zero-order chi connectivity index (χ0) is 46.3. The first-order valence-corrected chi connectivity index (χ1v) is 23.6. The molecule has 1 aromatic heterocycles. The lowest BCUT2D eigenvalue weighted by Crippen LogP contribution is -2.01. The highest BCUT2D eigenvalue weighted by atomic mass is 15.0. The molecule has 1 heterocycles. The Hall–Kier alpha value is -9.56. The molecule has 0 fully saturated rings. The minimum Gasteiger partial charge on any atom is -0.208 e. The molecule has 0 unspecified atom stereocenters. The highest BCUT2D eigenvalue weighted by molar-refractivity contribution is 6.19. The SMILES string of the molecule is N#Cc1cc(-c2ccccc2-c2nc(-c3ccccc3)nc(-c3ccc4c(c3)-c3cccc5cccc-4c35)n2)ccc1-c1ccc(-c2ccccc2-c2ccc3c4c(cccc24)-c2ccccc2-3)cc1. The fourth-order valence-electron chi connectivity index (χ4n) is 11.1. The molecule has 2 aliphatic rings. The third-order valence-corrected chi connectivity index (χ3v) is 14.3. The van der Waals surface area contributed by atoms with E-state index in [0.29, 0.717) is 23.0 Å². The van der Waals surface area contributed by atoms with Crippen LogP contribution in [0.1, 0.15) is 5.56 Å². The summed E-state index contributed by atoms with van der Waals surface area (Å²) < 4.78 is 0. The van der Waals surface area contributed by atoms with Gasteiger partial charge in [0.15, 0.2) is 17.5 Å². The summed E-state index contributed by atoms with van der Waals surface area (Å²) in [6, 6.07) is 83.8. The molecule has 0 N–H and O–H groups in total. The molecule has 0 spiro atoms. The first-order valence-electron chi connectivity index (χ1n) is 23.6. The molecule has 4 nitrogen and oxygen atoms in total. The van der Waals surface area contributed by atoms with Gasteiger partial charge in [0.2, 0.25) is 0 Å². The highest BCUT2D eigenvalue weighted by Crippen LogP contribution is 2.51. The summed E-state index contributed by atoms with van der Waals surface area (Å²) in [7, 11) is 0. The van der Waals surface area contributed by atoms with Crippen LogP contribution in [0.25, 0.3) is 145 Å². The molecule has 322 valence electrons. The molecule has 0 atom stereocenters. The van der Waals surface area contributed by atoms with Crippen LogP contribution in [0.4, 0.5) is 0 Å². The van der Waals surface area contributed by atoms with Crippen LogP contribution in [-0.4, -0.2) is 15.0 Å². The Labute approximate surface area is 405 Å². The highest BCUT2D eigenvalue weighted by Gasteiger charge is 2.25.